The number of aliphatic hydroxyl groups is 1. The maximum Gasteiger partial charge on any atom is 0.125 e. The number of aromatic nitrogens is 2. The van der Waals surface area contributed by atoms with Crippen molar-refractivity contribution in [2.24, 2.45) is 0 Å². The predicted octanol–water partition coefficient (Wildman–Crippen LogP) is 6.39. The lowest BCUT2D eigenvalue weighted by molar-refractivity contribution is 0.342. The van der Waals surface area contributed by atoms with Crippen molar-refractivity contribution < 1.29 is 14.6 Å². The Kier molecular flexibility index (Phi) is 12.1. The van der Waals surface area contributed by atoms with E-state index < -0.39 is 0 Å². The van der Waals surface area contributed by atoms with Crippen molar-refractivity contribution in [1.82, 2.24) is 9.97 Å². The topological polar surface area (TPSA) is 64.5 Å². The number of hydrogen-bond acceptors (Lipinski definition) is 6. The molecule has 190 valence electrons. The number of nitrogens with zero attached hydrogens (tertiary/aromatic N) is 2. The highest BCUT2D eigenvalue weighted by atomic mass is 32.2. The number of aryl methyl sites for hydroxylation is 1. The summed E-state index contributed by atoms with van der Waals surface area (Å²) in [5, 5.41) is 8.95. The molecule has 0 aliphatic heterocycles. The van der Waals surface area contributed by atoms with E-state index >= 15 is 0 Å². The number of hydrogen-bond donors (Lipinski definition) is 1. The van der Waals surface area contributed by atoms with Crippen LogP contribution in [0.2, 0.25) is 0 Å². The number of thioether (sulfide) groups is 1. The molecule has 0 fully saturated rings. The Morgan fingerprint density at radius 3 is 1.89 bits per heavy atom. The Balaban J connectivity index is 1.56. The second-order valence-electron chi connectivity index (χ2n) is 8.22. The van der Waals surface area contributed by atoms with Gasteiger partial charge in [-0.3, -0.25) is 9.97 Å². The van der Waals surface area contributed by atoms with Crippen molar-refractivity contribution in [2.75, 3.05) is 20.8 Å². The molecule has 0 spiro atoms. The lowest BCUT2D eigenvalue weighted by Gasteiger charge is -2.12. The molecular weight excluding hydrogens is 468 g/mol. The summed E-state index contributed by atoms with van der Waals surface area (Å²) in [5.74, 6) is 2.60. The highest BCUT2D eigenvalue weighted by Gasteiger charge is 2.11. The Bertz CT molecular complexity index is 1120. The smallest absolute Gasteiger partial charge is 0.125 e. The summed E-state index contributed by atoms with van der Waals surface area (Å²) in [5.41, 5.74) is 4.49. The second kappa shape index (κ2) is 15.8. The molecule has 2 heterocycles. The van der Waals surface area contributed by atoms with E-state index in [0.29, 0.717) is 0 Å². The average molecular weight is 505 g/mol. The van der Waals surface area contributed by atoms with Crippen LogP contribution >= 0.6 is 11.8 Å². The Morgan fingerprint density at radius 1 is 0.722 bits per heavy atom. The van der Waals surface area contributed by atoms with Crippen molar-refractivity contribution in [3.05, 3.63) is 102 Å². The SMILES string of the molecule is COc1ccnc(CC/C=C\CCc2c(OC)ccnc2CSc2ccccc2)c1CC/C=C\CO. The molecule has 5 nitrogen and oxygen atoms in total. The third-order valence-electron chi connectivity index (χ3n) is 5.87. The van der Waals surface area contributed by atoms with Gasteiger partial charge in [0.25, 0.3) is 0 Å². The maximum absolute atomic E-state index is 8.95. The molecule has 0 aliphatic rings. The van der Waals surface area contributed by atoms with Gasteiger partial charge in [0, 0.05) is 39.9 Å². The summed E-state index contributed by atoms with van der Waals surface area (Å²) in [6, 6.07) is 14.3. The minimum absolute atomic E-state index is 0.0695. The zero-order valence-corrected chi connectivity index (χ0v) is 22.0. The van der Waals surface area contributed by atoms with E-state index in [-0.39, 0.29) is 6.61 Å². The van der Waals surface area contributed by atoms with Gasteiger partial charge >= 0.3 is 0 Å². The molecule has 2 aromatic heterocycles. The molecule has 0 atom stereocenters. The van der Waals surface area contributed by atoms with Gasteiger partial charge in [0.1, 0.15) is 11.5 Å². The van der Waals surface area contributed by atoms with Crippen molar-refractivity contribution in [2.45, 2.75) is 49.2 Å². The maximum atomic E-state index is 8.95. The zero-order valence-electron chi connectivity index (χ0n) is 21.2. The van der Waals surface area contributed by atoms with Crippen LogP contribution in [0.15, 0.2) is 84.1 Å². The molecule has 1 N–H and O–H groups in total. The van der Waals surface area contributed by atoms with Crippen LogP contribution in [0, 0.1) is 0 Å². The van der Waals surface area contributed by atoms with Gasteiger partial charge in [0.05, 0.1) is 26.5 Å². The Hall–Kier alpha value is -3.09. The van der Waals surface area contributed by atoms with E-state index in [1.54, 1.807) is 32.1 Å². The number of allylic oxidation sites excluding steroid dienone is 3. The second-order valence-corrected chi connectivity index (χ2v) is 9.27. The first kappa shape index (κ1) is 27.5. The third-order valence-corrected chi connectivity index (χ3v) is 6.89. The monoisotopic (exact) mass is 504 g/mol. The van der Waals surface area contributed by atoms with Gasteiger partial charge in [-0.15, -0.1) is 11.8 Å². The number of ether oxygens (including phenoxy) is 2. The number of pyridine rings is 2. The Morgan fingerprint density at radius 2 is 1.28 bits per heavy atom. The van der Waals surface area contributed by atoms with Crippen molar-refractivity contribution in [1.29, 1.82) is 0 Å². The minimum Gasteiger partial charge on any atom is -0.496 e. The molecule has 3 rings (SSSR count). The molecule has 0 unspecified atom stereocenters. The van der Waals surface area contributed by atoms with Gasteiger partial charge in [-0.05, 0) is 62.8 Å². The number of benzene rings is 1. The molecule has 3 aromatic rings. The minimum atomic E-state index is 0.0695. The normalized spacial score (nSPS) is 11.4. The molecular formula is C30H36N2O3S. The molecule has 0 radical (unpaired) electrons. The van der Waals surface area contributed by atoms with Gasteiger partial charge in [-0.25, -0.2) is 0 Å². The molecule has 0 aliphatic carbocycles. The molecule has 6 heteroatoms. The number of methoxy groups -OCH3 is 2. The van der Waals surface area contributed by atoms with E-state index in [1.165, 1.54) is 10.5 Å². The van der Waals surface area contributed by atoms with E-state index in [2.05, 4.69) is 46.4 Å². The van der Waals surface area contributed by atoms with Crippen LogP contribution in [-0.2, 0) is 25.0 Å². The van der Waals surface area contributed by atoms with E-state index in [4.69, 9.17) is 14.6 Å². The van der Waals surface area contributed by atoms with Crippen LogP contribution in [0.5, 0.6) is 11.5 Å². The van der Waals surface area contributed by atoms with Gasteiger partial charge in [0.15, 0.2) is 0 Å². The fourth-order valence-electron chi connectivity index (χ4n) is 4.06. The molecule has 0 bridgehead atoms. The van der Waals surface area contributed by atoms with E-state index in [0.717, 1.165) is 72.7 Å². The van der Waals surface area contributed by atoms with Gasteiger partial charge in [0.2, 0.25) is 0 Å². The standard InChI is InChI=1S/C30H36N2O3S/c1-34-29-18-20-31-27(25(29)15-10-6-12-22-33)17-11-4-3-9-16-26-28(32-21-19-30(26)35-2)23-36-24-13-7-5-8-14-24/h3-8,12-14,18-21,33H,9-11,15-17,22-23H2,1-2H3/b4-3-,12-6-. The van der Waals surface area contributed by atoms with Gasteiger partial charge in [-0.1, -0.05) is 42.5 Å². The van der Waals surface area contributed by atoms with Crippen LogP contribution in [-0.4, -0.2) is 35.9 Å². The first-order chi connectivity index (χ1) is 17.8. The van der Waals surface area contributed by atoms with Crippen molar-refractivity contribution in [3.8, 4) is 11.5 Å². The molecule has 0 saturated heterocycles. The summed E-state index contributed by atoms with van der Waals surface area (Å²) in [6.45, 7) is 0.0695. The number of rotatable bonds is 15. The van der Waals surface area contributed by atoms with Crippen LogP contribution in [0.3, 0.4) is 0 Å². The highest BCUT2D eigenvalue weighted by Crippen LogP contribution is 2.28. The fraction of sp³-hybridized carbons (Fsp3) is 0.333. The predicted molar refractivity (Wildman–Crippen MR) is 148 cm³/mol. The summed E-state index contributed by atoms with van der Waals surface area (Å²) < 4.78 is 11.2. The number of aliphatic hydroxyl groups excluding tert-OH is 1. The van der Waals surface area contributed by atoms with Crippen LogP contribution < -0.4 is 9.47 Å². The quantitative estimate of drug-likeness (QED) is 0.191. The average Bonchev–Trinajstić information content (AvgIpc) is 2.92. The van der Waals surface area contributed by atoms with Crippen LogP contribution in [0.1, 0.15) is 41.8 Å². The molecule has 0 saturated carbocycles. The van der Waals surface area contributed by atoms with Crippen molar-refractivity contribution in [3.63, 3.8) is 0 Å². The first-order valence-electron chi connectivity index (χ1n) is 12.4. The highest BCUT2D eigenvalue weighted by molar-refractivity contribution is 7.98. The van der Waals surface area contributed by atoms with Crippen LogP contribution in [0.4, 0.5) is 0 Å². The Labute approximate surface area is 219 Å². The van der Waals surface area contributed by atoms with Crippen LogP contribution in [0.25, 0.3) is 0 Å². The fourth-order valence-corrected chi connectivity index (χ4v) is 4.96. The van der Waals surface area contributed by atoms with E-state index in [1.807, 2.05) is 36.7 Å². The molecule has 0 amide bonds. The van der Waals surface area contributed by atoms with E-state index in [9.17, 15) is 0 Å². The molecule has 1 aromatic carbocycles. The zero-order chi connectivity index (χ0) is 25.4. The summed E-state index contributed by atoms with van der Waals surface area (Å²) in [6.07, 6.45) is 17.2. The lowest BCUT2D eigenvalue weighted by Crippen LogP contribution is -2.01. The van der Waals surface area contributed by atoms with Gasteiger partial charge in [-0.2, -0.15) is 0 Å². The third kappa shape index (κ3) is 8.54. The van der Waals surface area contributed by atoms with Crippen molar-refractivity contribution >= 4 is 11.8 Å². The summed E-state index contributed by atoms with van der Waals surface area (Å²) >= 11 is 1.79. The lowest BCUT2D eigenvalue weighted by atomic mass is 10.0. The summed E-state index contributed by atoms with van der Waals surface area (Å²) in [4.78, 5) is 10.5. The summed E-state index contributed by atoms with van der Waals surface area (Å²) in [7, 11) is 3.42. The first-order valence-corrected chi connectivity index (χ1v) is 13.4. The molecule has 36 heavy (non-hydrogen) atoms. The largest absolute Gasteiger partial charge is 0.496 e. The van der Waals surface area contributed by atoms with Gasteiger partial charge < -0.3 is 14.6 Å².